The number of rotatable bonds is 6. The van der Waals surface area contributed by atoms with E-state index >= 15 is 0 Å². The first-order valence-electron chi connectivity index (χ1n) is 9.16. The van der Waals surface area contributed by atoms with Gasteiger partial charge >= 0.3 is 6.18 Å². The molecule has 0 fully saturated rings. The fourth-order valence-corrected chi connectivity index (χ4v) is 2.78. The summed E-state index contributed by atoms with van der Waals surface area (Å²) in [4.78, 5) is 22.1. The minimum atomic E-state index is -4.45. The van der Waals surface area contributed by atoms with E-state index in [9.17, 15) is 18.0 Å². The van der Waals surface area contributed by atoms with Crippen LogP contribution in [0.15, 0.2) is 42.6 Å². The molecule has 7 nitrogen and oxygen atoms in total. The van der Waals surface area contributed by atoms with Crippen molar-refractivity contribution in [2.45, 2.75) is 26.1 Å². The van der Waals surface area contributed by atoms with E-state index in [0.29, 0.717) is 5.82 Å². The number of halogens is 3. The second-order valence-electron chi connectivity index (χ2n) is 6.91. The number of aromatic nitrogens is 4. The van der Waals surface area contributed by atoms with Crippen LogP contribution in [-0.4, -0.2) is 44.7 Å². The monoisotopic (exact) mass is 418 g/mol. The number of aryl methyl sites for hydroxylation is 2. The van der Waals surface area contributed by atoms with Crippen molar-refractivity contribution < 1.29 is 18.0 Å². The summed E-state index contributed by atoms with van der Waals surface area (Å²) in [6, 6.07) is 8.38. The highest BCUT2D eigenvalue weighted by atomic mass is 19.4. The van der Waals surface area contributed by atoms with Crippen molar-refractivity contribution in [2.24, 2.45) is 0 Å². The number of nitrogens with one attached hydrogen (secondary N) is 1. The number of pyridine rings is 1. The summed E-state index contributed by atoms with van der Waals surface area (Å²) in [5.74, 6) is 0.548. The third-order valence-electron chi connectivity index (χ3n) is 4.31. The number of amides is 1. The Balaban J connectivity index is 1.92. The van der Waals surface area contributed by atoms with Gasteiger partial charge in [0.1, 0.15) is 0 Å². The number of anilines is 2. The molecule has 0 saturated heterocycles. The maximum atomic E-state index is 13.0. The molecular formula is C20H21F3N6O. The molecule has 0 bridgehead atoms. The van der Waals surface area contributed by atoms with Crippen molar-refractivity contribution >= 4 is 17.5 Å². The first-order chi connectivity index (χ1) is 14.1. The van der Waals surface area contributed by atoms with E-state index in [0.717, 1.165) is 23.4 Å². The molecule has 1 aromatic carbocycles. The summed E-state index contributed by atoms with van der Waals surface area (Å²) in [7, 11) is 3.33. The van der Waals surface area contributed by atoms with Gasteiger partial charge in [-0.15, -0.1) is 5.10 Å². The van der Waals surface area contributed by atoms with Crippen LogP contribution in [0.3, 0.4) is 0 Å². The minimum absolute atomic E-state index is 0.0743. The van der Waals surface area contributed by atoms with Crippen LogP contribution >= 0.6 is 0 Å². The van der Waals surface area contributed by atoms with Crippen molar-refractivity contribution in [2.75, 3.05) is 19.4 Å². The SMILES string of the molecule is Cc1cc(-c2nc(Nc3cccc(C(F)(F)F)c3)nn2CCC(=O)N(C)C)ccn1. The molecule has 0 unspecified atom stereocenters. The Morgan fingerprint density at radius 1 is 1.20 bits per heavy atom. The summed E-state index contributed by atoms with van der Waals surface area (Å²) in [5, 5.41) is 7.17. The zero-order valence-corrected chi connectivity index (χ0v) is 16.7. The predicted octanol–water partition coefficient (Wildman–Crippen LogP) is 3.89. The van der Waals surface area contributed by atoms with Gasteiger partial charge in [-0.1, -0.05) is 6.07 Å². The lowest BCUT2D eigenvalue weighted by molar-refractivity contribution is -0.137. The van der Waals surface area contributed by atoms with E-state index in [2.05, 4.69) is 20.4 Å². The van der Waals surface area contributed by atoms with E-state index in [1.165, 1.54) is 17.0 Å². The minimum Gasteiger partial charge on any atom is -0.349 e. The molecule has 0 radical (unpaired) electrons. The van der Waals surface area contributed by atoms with Gasteiger partial charge in [0.15, 0.2) is 5.82 Å². The first-order valence-corrected chi connectivity index (χ1v) is 9.16. The highest BCUT2D eigenvalue weighted by Crippen LogP contribution is 2.31. The fourth-order valence-electron chi connectivity index (χ4n) is 2.78. The topological polar surface area (TPSA) is 75.9 Å². The lowest BCUT2D eigenvalue weighted by Crippen LogP contribution is -2.23. The first kappa shape index (κ1) is 21.3. The van der Waals surface area contributed by atoms with Gasteiger partial charge in [-0.25, -0.2) is 4.68 Å². The summed E-state index contributed by atoms with van der Waals surface area (Å²) < 4.78 is 40.5. The number of hydrogen-bond acceptors (Lipinski definition) is 5. The zero-order chi connectivity index (χ0) is 21.9. The Bertz CT molecular complexity index is 1050. The van der Waals surface area contributed by atoms with Crippen LogP contribution < -0.4 is 5.32 Å². The molecular weight excluding hydrogens is 397 g/mol. The second kappa shape index (κ2) is 8.52. The third kappa shape index (κ3) is 5.13. The number of hydrogen-bond donors (Lipinski definition) is 1. The Morgan fingerprint density at radius 2 is 1.97 bits per heavy atom. The van der Waals surface area contributed by atoms with Crippen LogP contribution in [0.2, 0.25) is 0 Å². The van der Waals surface area contributed by atoms with Gasteiger partial charge in [-0.2, -0.15) is 18.2 Å². The summed E-state index contributed by atoms with van der Waals surface area (Å²) in [5.41, 5.74) is 0.959. The molecule has 158 valence electrons. The van der Waals surface area contributed by atoms with E-state index in [1.54, 1.807) is 31.0 Å². The Kier molecular flexibility index (Phi) is 6.04. The molecule has 0 saturated carbocycles. The van der Waals surface area contributed by atoms with E-state index < -0.39 is 11.7 Å². The molecule has 0 spiro atoms. The van der Waals surface area contributed by atoms with Crippen molar-refractivity contribution in [1.82, 2.24) is 24.6 Å². The van der Waals surface area contributed by atoms with Gasteiger partial charge in [0.25, 0.3) is 0 Å². The lowest BCUT2D eigenvalue weighted by atomic mass is 10.2. The average Bonchev–Trinajstić information content (AvgIpc) is 3.08. The van der Waals surface area contributed by atoms with Crippen LogP contribution in [-0.2, 0) is 17.5 Å². The van der Waals surface area contributed by atoms with E-state index in [-0.39, 0.29) is 30.5 Å². The normalized spacial score (nSPS) is 11.4. The van der Waals surface area contributed by atoms with Crippen LogP contribution in [0, 0.1) is 6.92 Å². The van der Waals surface area contributed by atoms with Crippen molar-refractivity contribution in [3.8, 4) is 11.4 Å². The molecule has 0 aliphatic carbocycles. The number of carbonyl (C=O) groups is 1. The van der Waals surface area contributed by atoms with Crippen LogP contribution in [0.25, 0.3) is 11.4 Å². The smallest absolute Gasteiger partial charge is 0.349 e. The largest absolute Gasteiger partial charge is 0.416 e. The molecule has 30 heavy (non-hydrogen) atoms. The molecule has 0 aliphatic rings. The molecule has 3 rings (SSSR count). The number of alkyl halides is 3. The highest BCUT2D eigenvalue weighted by Gasteiger charge is 2.30. The standard InChI is InChI=1S/C20H21F3N6O/c1-13-11-14(7-9-24-13)18-26-19(27-29(18)10-8-17(30)28(2)3)25-16-6-4-5-15(12-16)20(21,22)23/h4-7,9,11-12H,8,10H2,1-3H3,(H,25,27). The molecule has 0 aliphatic heterocycles. The highest BCUT2D eigenvalue weighted by molar-refractivity contribution is 5.75. The molecule has 1 N–H and O–H groups in total. The molecule has 2 aromatic heterocycles. The molecule has 3 aromatic rings. The van der Waals surface area contributed by atoms with Crippen LogP contribution in [0.5, 0.6) is 0 Å². The van der Waals surface area contributed by atoms with Gasteiger partial charge in [0.2, 0.25) is 11.9 Å². The van der Waals surface area contributed by atoms with Gasteiger partial charge < -0.3 is 10.2 Å². The Hall–Kier alpha value is -3.43. The average molecular weight is 418 g/mol. The maximum absolute atomic E-state index is 13.0. The summed E-state index contributed by atoms with van der Waals surface area (Å²) in [6.07, 6.45) is -2.61. The molecule has 2 heterocycles. The van der Waals surface area contributed by atoms with Crippen LogP contribution in [0.1, 0.15) is 17.7 Å². The Labute approximate surface area is 171 Å². The number of benzene rings is 1. The van der Waals surface area contributed by atoms with E-state index in [1.807, 2.05) is 13.0 Å². The predicted molar refractivity (Wildman–Crippen MR) is 106 cm³/mol. The lowest BCUT2D eigenvalue weighted by Gasteiger charge is -2.11. The summed E-state index contributed by atoms with van der Waals surface area (Å²) >= 11 is 0. The zero-order valence-electron chi connectivity index (χ0n) is 16.7. The van der Waals surface area contributed by atoms with Gasteiger partial charge in [0, 0.05) is 43.7 Å². The van der Waals surface area contributed by atoms with Gasteiger partial charge in [0.05, 0.1) is 12.1 Å². The second-order valence-corrected chi connectivity index (χ2v) is 6.91. The number of nitrogens with zero attached hydrogens (tertiary/aromatic N) is 5. The molecule has 10 heteroatoms. The fraction of sp³-hybridized carbons (Fsp3) is 0.300. The number of carbonyl (C=O) groups excluding carboxylic acids is 1. The molecule has 1 amide bonds. The van der Waals surface area contributed by atoms with Crippen molar-refractivity contribution in [3.63, 3.8) is 0 Å². The van der Waals surface area contributed by atoms with Crippen LogP contribution in [0.4, 0.5) is 24.8 Å². The van der Waals surface area contributed by atoms with Gasteiger partial charge in [-0.3, -0.25) is 9.78 Å². The van der Waals surface area contributed by atoms with Crippen molar-refractivity contribution in [1.29, 1.82) is 0 Å². The third-order valence-corrected chi connectivity index (χ3v) is 4.31. The van der Waals surface area contributed by atoms with Crippen molar-refractivity contribution in [3.05, 3.63) is 53.9 Å². The quantitative estimate of drug-likeness (QED) is 0.657. The summed E-state index contributed by atoms with van der Waals surface area (Å²) in [6.45, 7) is 2.10. The maximum Gasteiger partial charge on any atom is 0.416 e. The molecule has 0 atom stereocenters. The Morgan fingerprint density at radius 3 is 2.63 bits per heavy atom. The van der Waals surface area contributed by atoms with E-state index in [4.69, 9.17) is 0 Å². The van der Waals surface area contributed by atoms with Gasteiger partial charge in [-0.05, 0) is 37.3 Å².